The summed E-state index contributed by atoms with van der Waals surface area (Å²) in [5.74, 6) is 0.170. The van der Waals surface area contributed by atoms with Gasteiger partial charge in [0, 0.05) is 29.1 Å². The molecule has 0 spiro atoms. The summed E-state index contributed by atoms with van der Waals surface area (Å²) in [6.07, 6.45) is 6.13. The number of carbonyl (C=O) groups excluding carboxylic acids is 1. The number of hydrogen-bond acceptors (Lipinski definition) is 3. The van der Waals surface area contributed by atoms with E-state index in [1.807, 2.05) is 34.0 Å². The highest BCUT2D eigenvalue weighted by Crippen LogP contribution is 2.36. The molecule has 128 valence electrons. The van der Waals surface area contributed by atoms with Crippen LogP contribution >= 0.6 is 28.3 Å². The SMILES string of the molecule is Cl.O=C(N1CCc2cc(Br)ccc21)C1(n2cccn2)CCNCC1. The Kier molecular flexibility index (Phi) is 4.99. The fourth-order valence-electron chi connectivity index (χ4n) is 3.74. The molecule has 7 heteroatoms. The van der Waals surface area contributed by atoms with Crippen LogP contribution in [0.3, 0.4) is 0 Å². The number of carbonyl (C=O) groups is 1. The number of nitrogens with zero attached hydrogens (tertiary/aromatic N) is 3. The van der Waals surface area contributed by atoms with Gasteiger partial charge in [-0.15, -0.1) is 12.4 Å². The number of aromatic nitrogens is 2. The number of halogens is 2. The number of piperidine rings is 1. The van der Waals surface area contributed by atoms with Crippen LogP contribution in [0.5, 0.6) is 0 Å². The number of amides is 1. The van der Waals surface area contributed by atoms with E-state index < -0.39 is 5.54 Å². The molecule has 0 bridgehead atoms. The van der Waals surface area contributed by atoms with Crippen molar-refractivity contribution in [3.05, 3.63) is 46.7 Å². The Balaban J connectivity index is 0.00000169. The normalized spacial score (nSPS) is 18.8. The van der Waals surface area contributed by atoms with Crippen molar-refractivity contribution in [3.63, 3.8) is 0 Å². The molecule has 5 nitrogen and oxygen atoms in total. The maximum absolute atomic E-state index is 13.5. The molecule has 1 saturated heterocycles. The number of fused-ring (bicyclic) bond motifs is 1. The molecule has 1 fully saturated rings. The van der Waals surface area contributed by atoms with Gasteiger partial charge in [0.2, 0.25) is 0 Å². The molecule has 24 heavy (non-hydrogen) atoms. The van der Waals surface area contributed by atoms with Crippen LogP contribution in [0.4, 0.5) is 5.69 Å². The van der Waals surface area contributed by atoms with E-state index in [9.17, 15) is 4.79 Å². The Morgan fingerprint density at radius 2 is 2.08 bits per heavy atom. The van der Waals surface area contributed by atoms with Gasteiger partial charge in [-0.3, -0.25) is 9.48 Å². The molecule has 3 heterocycles. The number of benzene rings is 1. The Hall–Kier alpha value is -1.37. The van der Waals surface area contributed by atoms with Crippen molar-refractivity contribution in [2.75, 3.05) is 24.5 Å². The number of anilines is 1. The van der Waals surface area contributed by atoms with Crippen molar-refractivity contribution in [1.82, 2.24) is 15.1 Å². The van der Waals surface area contributed by atoms with E-state index in [1.165, 1.54) is 5.56 Å². The third kappa shape index (κ3) is 2.76. The topological polar surface area (TPSA) is 50.2 Å². The maximum atomic E-state index is 13.5. The lowest BCUT2D eigenvalue weighted by Crippen LogP contribution is -2.55. The molecule has 1 N–H and O–H groups in total. The summed E-state index contributed by atoms with van der Waals surface area (Å²) in [5.41, 5.74) is 1.71. The van der Waals surface area contributed by atoms with Gasteiger partial charge in [0.05, 0.1) is 0 Å². The van der Waals surface area contributed by atoms with Crippen LogP contribution in [0.15, 0.2) is 41.1 Å². The molecule has 0 atom stereocenters. The molecule has 2 aliphatic rings. The molecule has 2 aliphatic heterocycles. The number of rotatable bonds is 2. The Bertz CT molecular complexity index is 728. The summed E-state index contributed by atoms with van der Waals surface area (Å²) >= 11 is 3.51. The fourth-order valence-corrected chi connectivity index (χ4v) is 4.14. The molecule has 0 aliphatic carbocycles. The number of hydrogen-bond donors (Lipinski definition) is 1. The van der Waals surface area contributed by atoms with Gasteiger partial charge in [0.25, 0.3) is 5.91 Å². The van der Waals surface area contributed by atoms with Crippen molar-refractivity contribution in [2.45, 2.75) is 24.8 Å². The second-order valence-electron chi connectivity index (χ2n) is 6.21. The summed E-state index contributed by atoms with van der Waals surface area (Å²) in [4.78, 5) is 15.4. The van der Waals surface area contributed by atoms with E-state index in [0.717, 1.165) is 49.1 Å². The van der Waals surface area contributed by atoms with Crippen LogP contribution in [-0.4, -0.2) is 35.3 Å². The highest BCUT2D eigenvalue weighted by molar-refractivity contribution is 9.10. The lowest BCUT2D eigenvalue weighted by atomic mass is 9.86. The van der Waals surface area contributed by atoms with Gasteiger partial charge in [0.15, 0.2) is 0 Å². The second kappa shape index (κ2) is 6.86. The molecule has 2 aromatic rings. The van der Waals surface area contributed by atoms with Crippen molar-refractivity contribution in [1.29, 1.82) is 0 Å². The predicted molar refractivity (Wildman–Crippen MR) is 99.8 cm³/mol. The molecule has 0 saturated carbocycles. The molecule has 0 unspecified atom stereocenters. The van der Waals surface area contributed by atoms with E-state index >= 15 is 0 Å². The first-order valence-electron chi connectivity index (χ1n) is 8.02. The van der Waals surface area contributed by atoms with Gasteiger partial charge in [-0.1, -0.05) is 15.9 Å². The molecule has 1 aromatic heterocycles. The zero-order valence-electron chi connectivity index (χ0n) is 13.2. The summed E-state index contributed by atoms with van der Waals surface area (Å²) in [5, 5.41) is 7.76. The van der Waals surface area contributed by atoms with Crippen LogP contribution in [0, 0.1) is 0 Å². The van der Waals surface area contributed by atoms with Crippen LogP contribution in [-0.2, 0) is 16.8 Å². The monoisotopic (exact) mass is 410 g/mol. The summed E-state index contributed by atoms with van der Waals surface area (Å²) < 4.78 is 2.93. The highest BCUT2D eigenvalue weighted by Gasteiger charge is 2.45. The van der Waals surface area contributed by atoms with Crippen molar-refractivity contribution < 1.29 is 4.79 Å². The van der Waals surface area contributed by atoms with Crippen LogP contribution in [0.1, 0.15) is 18.4 Å². The average Bonchev–Trinajstić information content (AvgIpc) is 3.24. The Morgan fingerprint density at radius 3 is 2.79 bits per heavy atom. The first-order valence-corrected chi connectivity index (χ1v) is 8.81. The fraction of sp³-hybridized carbons (Fsp3) is 0.412. The minimum atomic E-state index is -0.566. The average molecular weight is 412 g/mol. The standard InChI is InChI=1S/C17H19BrN4O.ClH/c18-14-2-3-15-13(12-14)4-11-21(15)16(23)17(5-8-19-9-6-17)22-10-1-7-20-22;/h1-3,7,10,12,19H,4-6,8-9,11H2;1H. The summed E-state index contributed by atoms with van der Waals surface area (Å²) in [6, 6.07) is 8.06. The van der Waals surface area contributed by atoms with E-state index in [-0.39, 0.29) is 18.3 Å². The Labute approximate surface area is 155 Å². The van der Waals surface area contributed by atoms with E-state index in [0.29, 0.717) is 0 Å². The first-order chi connectivity index (χ1) is 11.2. The zero-order valence-corrected chi connectivity index (χ0v) is 15.6. The molecule has 1 aromatic carbocycles. The smallest absolute Gasteiger partial charge is 0.255 e. The second-order valence-corrected chi connectivity index (χ2v) is 7.13. The van der Waals surface area contributed by atoms with Gasteiger partial charge in [-0.2, -0.15) is 5.10 Å². The van der Waals surface area contributed by atoms with Crippen LogP contribution in [0.25, 0.3) is 0 Å². The predicted octanol–water partition coefficient (Wildman–Crippen LogP) is 2.74. The van der Waals surface area contributed by atoms with E-state index in [2.05, 4.69) is 32.4 Å². The van der Waals surface area contributed by atoms with Crippen LogP contribution in [0.2, 0.25) is 0 Å². The Morgan fingerprint density at radius 1 is 1.29 bits per heavy atom. The molecule has 1 amide bonds. The lowest BCUT2D eigenvalue weighted by molar-refractivity contribution is -0.129. The largest absolute Gasteiger partial charge is 0.317 e. The van der Waals surface area contributed by atoms with Gasteiger partial charge in [-0.25, -0.2) is 0 Å². The first kappa shape index (κ1) is 17.5. The van der Waals surface area contributed by atoms with Gasteiger partial charge in [0.1, 0.15) is 5.54 Å². The lowest BCUT2D eigenvalue weighted by Gasteiger charge is -2.39. The third-order valence-corrected chi connectivity index (χ3v) is 5.45. The van der Waals surface area contributed by atoms with Crippen molar-refractivity contribution >= 4 is 39.9 Å². The van der Waals surface area contributed by atoms with Gasteiger partial charge >= 0.3 is 0 Å². The van der Waals surface area contributed by atoms with E-state index in [1.54, 1.807) is 6.20 Å². The quantitative estimate of drug-likeness (QED) is 0.827. The summed E-state index contributed by atoms with van der Waals surface area (Å²) in [6.45, 7) is 2.43. The third-order valence-electron chi connectivity index (χ3n) is 4.95. The van der Waals surface area contributed by atoms with Gasteiger partial charge < -0.3 is 10.2 Å². The zero-order chi connectivity index (χ0) is 15.9. The number of nitrogens with one attached hydrogen (secondary N) is 1. The van der Waals surface area contributed by atoms with Gasteiger partial charge in [-0.05, 0) is 62.2 Å². The van der Waals surface area contributed by atoms with E-state index in [4.69, 9.17) is 0 Å². The molecule has 0 radical (unpaired) electrons. The van der Waals surface area contributed by atoms with Crippen LogP contribution < -0.4 is 10.2 Å². The van der Waals surface area contributed by atoms with Crippen molar-refractivity contribution in [2.24, 2.45) is 0 Å². The maximum Gasteiger partial charge on any atom is 0.255 e. The minimum Gasteiger partial charge on any atom is -0.317 e. The highest BCUT2D eigenvalue weighted by atomic mass is 79.9. The van der Waals surface area contributed by atoms with Crippen molar-refractivity contribution in [3.8, 4) is 0 Å². The molecular formula is C17H20BrClN4O. The minimum absolute atomic E-state index is 0. The summed E-state index contributed by atoms with van der Waals surface area (Å²) in [7, 11) is 0. The molecule has 4 rings (SSSR count). The molecular weight excluding hydrogens is 392 g/mol.